The predicted molar refractivity (Wildman–Crippen MR) is 65.1 cm³/mol. The zero-order valence-electron chi connectivity index (χ0n) is 9.22. The van der Waals surface area contributed by atoms with E-state index in [0.717, 1.165) is 0 Å². The van der Waals surface area contributed by atoms with E-state index in [-0.39, 0.29) is 18.0 Å². The molecule has 0 bridgehead atoms. The summed E-state index contributed by atoms with van der Waals surface area (Å²) in [5.74, 6) is -1.13. The molecule has 0 aromatic heterocycles. The SMILES string of the molecule is CCNC(=O)CNC(=O)c1ccc(F)cc1Br. The lowest BCUT2D eigenvalue weighted by Gasteiger charge is -2.06. The van der Waals surface area contributed by atoms with E-state index >= 15 is 0 Å². The second-order valence-electron chi connectivity index (χ2n) is 3.26. The molecule has 1 rings (SSSR count). The molecule has 0 aliphatic heterocycles. The van der Waals surface area contributed by atoms with Gasteiger partial charge in [-0.25, -0.2) is 4.39 Å². The van der Waals surface area contributed by atoms with E-state index in [9.17, 15) is 14.0 Å². The summed E-state index contributed by atoms with van der Waals surface area (Å²) in [6, 6.07) is 3.74. The van der Waals surface area contributed by atoms with Gasteiger partial charge in [0.2, 0.25) is 5.91 Å². The highest BCUT2D eigenvalue weighted by molar-refractivity contribution is 9.10. The van der Waals surface area contributed by atoms with Crippen molar-refractivity contribution in [1.82, 2.24) is 10.6 Å². The fourth-order valence-electron chi connectivity index (χ4n) is 1.19. The van der Waals surface area contributed by atoms with Crippen LogP contribution in [0.3, 0.4) is 0 Å². The first kappa shape index (κ1) is 13.6. The van der Waals surface area contributed by atoms with Crippen molar-refractivity contribution in [3.63, 3.8) is 0 Å². The Morgan fingerprint density at radius 1 is 1.35 bits per heavy atom. The highest BCUT2D eigenvalue weighted by Crippen LogP contribution is 2.17. The maximum atomic E-state index is 12.8. The number of hydrogen-bond donors (Lipinski definition) is 2. The summed E-state index contributed by atoms with van der Waals surface area (Å²) in [6.07, 6.45) is 0. The molecule has 1 aromatic carbocycles. The van der Waals surface area contributed by atoms with Crippen LogP contribution in [-0.4, -0.2) is 24.9 Å². The van der Waals surface area contributed by atoms with Crippen LogP contribution >= 0.6 is 15.9 Å². The van der Waals surface area contributed by atoms with E-state index < -0.39 is 11.7 Å². The molecule has 1 aromatic rings. The number of amides is 2. The van der Waals surface area contributed by atoms with Crippen LogP contribution in [0.25, 0.3) is 0 Å². The van der Waals surface area contributed by atoms with Crippen molar-refractivity contribution in [2.45, 2.75) is 6.92 Å². The summed E-state index contributed by atoms with van der Waals surface area (Å²) >= 11 is 3.08. The summed E-state index contributed by atoms with van der Waals surface area (Å²) in [6.45, 7) is 2.20. The number of halogens is 2. The van der Waals surface area contributed by atoms with Gasteiger partial charge in [0.15, 0.2) is 0 Å². The van der Waals surface area contributed by atoms with Crippen LogP contribution < -0.4 is 10.6 Å². The summed E-state index contributed by atoms with van der Waals surface area (Å²) in [5, 5.41) is 4.99. The fourth-order valence-corrected chi connectivity index (χ4v) is 1.72. The lowest BCUT2D eigenvalue weighted by atomic mass is 10.2. The quantitative estimate of drug-likeness (QED) is 0.884. The molecule has 92 valence electrons. The molecule has 0 spiro atoms. The van der Waals surface area contributed by atoms with Gasteiger partial charge in [-0.3, -0.25) is 9.59 Å². The maximum absolute atomic E-state index is 12.8. The Morgan fingerprint density at radius 2 is 2.06 bits per heavy atom. The molecule has 2 N–H and O–H groups in total. The number of carbonyl (C=O) groups is 2. The van der Waals surface area contributed by atoms with Crippen LogP contribution in [0.5, 0.6) is 0 Å². The van der Waals surface area contributed by atoms with Gasteiger partial charge in [0.05, 0.1) is 12.1 Å². The van der Waals surface area contributed by atoms with Gasteiger partial charge in [0, 0.05) is 11.0 Å². The molecule has 4 nitrogen and oxygen atoms in total. The average Bonchev–Trinajstić information content (AvgIpc) is 2.26. The Hall–Kier alpha value is -1.43. The fraction of sp³-hybridized carbons (Fsp3) is 0.273. The van der Waals surface area contributed by atoms with Crippen molar-refractivity contribution in [1.29, 1.82) is 0 Å². The Balaban J connectivity index is 2.61. The minimum atomic E-state index is -0.433. The van der Waals surface area contributed by atoms with Gasteiger partial charge in [-0.2, -0.15) is 0 Å². The van der Waals surface area contributed by atoms with E-state index in [4.69, 9.17) is 0 Å². The molecule has 0 aliphatic carbocycles. The number of hydrogen-bond acceptors (Lipinski definition) is 2. The lowest BCUT2D eigenvalue weighted by molar-refractivity contribution is -0.120. The molecule has 0 saturated heterocycles. The van der Waals surface area contributed by atoms with Gasteiger partial charge < -0.3 is 10.6 Å². The third kappa shape index (κ3) is 4.14. The number of carbonyl (C=O) groups excluding carboxylic acids is 2. The van der Waals surface area contributed by atoms with Crippen LogP contribution in [-0.2, 0) is 4.79 Å². The smallest absolute Gasteiger partial charge is 0.252 e. The minimum Gasteiger partial charge on any atom is -0.355 e. The lowest BCUT2D eigenvalue weighted by Crippen LogP contribution is -2.36. The van der Waals surface area contributed by atoms with Gasteiger partial charge in [0.1, 0.15) is 5.82 Å². The highest BCUT2D eigenvalue weighted by Gasteiger charge is 2.11. The number of benzene rings is 1. The van der Waals surface area contributed by atoms with Crippen LogP contribution in [0.2, 0.25) is 0 Å². The van der Waals surface area contributed by atoms with E-state index in [0.29, 0.717) is 11.0 Å². The largest absolute Gasteiger partial charge is 0.355 e. The Labute approximate surface area is 107 Å². The first-order valence-electron chi connectivity index (χ1n) is 5.04. The summed E-state index contributed by atoms with van der Waals surface area (Å²) in [5.41, 5.74) is 0.288. The standard InChI is InChI=1S/C11H12BrFN2O2/c1-2-14-10(16)6-15-11(17)8-4-3-7(13)5-9(8)12/h3-5H,2,6H2,1H3,(H,14,16)(H,15,17). The van der Waals surface area contributed by atoms with Crippen LogP contribution in [0.1, 0.15) is 17.3 Å². The monoisotopic (exact) mass is 302 g/mol. The van der Waals surface area contributed by atoms with Gasteiger partial charge >= 0.3 is 0 Å². The van der Waals surface area contributed by atoms with Gasteiger partial charge in [-0.1, -0.05) is 0 Å². The minimum absolute atomic E-state index is 0.101. The molecule has 0 fully saturated rings. The first-order valence-corrected chi connectivity index (χ1v) is 5.84. The molecular weight excluding hydrogens is 291 g/mol. The predicted octanol–water partition coefficient (Wildman–Crippen LogP) is 1.45. The van der Waals surface area contributed by atoms with E-state index in [1.54, 1.807) is 6.92 Å². The molecule has 17 heavy (non-hydrogen) atoms. The molecule has 0 radical (unpaired) electrons. The van der Waals surface area contributed by atoms with Crippen molar-refractivity contribution < 1.29 is 14.0 Å². The molecule has 2 amide bonds. The average molecular weight is 303 g/mol. The van der Waals surface area contributed by atoms with Crippen LogP contribution in [0, 0.1) is 5.82 Å². The summed E-state index contributed by atoms with van der Waals surface area (Å²) < 4.78 is 13.2. The van der Waals surface area contributed by atoms with E-state index in [1.807, 2.05) is 0 Å². The van der Waals surface area contributed by atoms with Gasteiger partial charge in [-0.05, 0) is 41.1 Å². The molecule has 6 heteroatoms. The Kier molecular flexibility index (Phi) is 5.09. The third-order valence-corrected chi connectivity index (χ3v) is 2.62. The third-order valence-electron chi connectivity index (χ3n) is 1.96. The van der Waals surface area contributed by atoms with Crippen molar-refractivity contribution in [3.05, 3.63) is 34.1 Å². The summed E-state index contributed by atoms with van der Waals surface area (Å²) in [7, 11) is 0. The molecule has 0 unspecified atom stereocenters. The zero-order chi connectivity index (χ0) is 12.8. The van der Waals surface area contributed by atoms with Crippen molar-refractivity contribution in [2.75, 3.05) is 13.1 Å². The second kappa shape index (κ2) is 6.34. The molecule has 0 atom stereocenters. The molecule has 0 heterocycles. The molecule has 0 aliphatic rings. The van der Waals surface area contributed by atoms with Crippen molar-refractivity contribution in [3.8, 4) is 0 Å². The zero-order valence-corrected chi connectivity index (χ0v) is 10.8. The van der Waals surface area contributed by atoms with E-state index in [1.165, 1.54) is 18.2 Å². The van der Waals surface area contributed by atoms with Gasteiger partial charge in [-0.15, -0.1) is 0 Å². The number of likely N-dealkylation sites (N-methyl/N-ethyl adjacent to an activating group) is 1. The normalized spacial score (nSPS) is 9.82. The number of rotatable bonds is 4. The first-order chi connectivity index (χ1) is 8.04. The number of nitrogens with one attached hydrogen (secondary N) is 2. The second-order valence-corrected chi connectivity index (χ2v) is 4.11. The van der Waals surface area contributed by atoms with Gasteiger partial charge in [0.25, 0.3) is 5.91 Å². The summed E-state index contributed by atoms with van der Waals surface area (Å²) in [4.78, 5) is 22.8. The van der Waals surface area contributed by atoms with Crippen LogP contribution in [0.4, 0.5) is 4.39 Å². The van der Waals surface area contributed by atoms with Crippen LogP contribution in [0.15, 0.2) is 22.7 Å². The Morgan fingerprint density at radius 3 is 2.65 bits per heavy atom. The molecular formula is C11H12BrFN2O2. The van der Waals surface area contributed by atoms with Crippen molar-refractivity contribution >= 4 is 27.7 Å². The maximum Gasteiger partial charge on any atom is 0.252 e. The highest BCUT2D eigenvalue weighted by atomic mass is 79.9. The van der Waals surface area contributed by atoms with E-state index in [2.05, 4.69) is 26.6 Å². The topological polar surface area (TPSA) is 58.2 Å². The van der Waals surface area contributed by atoms with Crippen molar-refractivity contribution in [2.24, 2.45) is 0 Å². The molecule has 0 saturated carbocycles. The Bertz CT molecular complexity index is 437.